The van der Waals surface area contributed by atoms with E-state index in [0.717, 1.165) is 0 Å². The molecule has 1 heterocycles. The summed E-state index contributed by atoms with van der Waals surface area (Å²) in [5.74, 6) is 0.703. The maximum atomic E-state index is 12.6. The number of ether oxygens (including phenoxy) is 4. The minimum atomic E-state index is -0.652. The van der Waals surface area contributed by atoms with E-state index < -0.39 is 12.1 Å². The zero-order valence-electron chi connectivity index (χ0n) is 14.2. The minimum absolute atomic E-state index is 0.0430. The molecule has 130 valence electrons. The predicted octanol–water partition coefficient (Wildman–Crippen LogP) is 3.20. The fourth-order valence-electron chi connectivity index (χ4n) is 2.91. The summed E-state index contributed by atoms with van der Waals surface area (Å²) < 4.78 is 21.0. The van der Waals surface area contributed by atoms with Gasteiger partial charge in [-0.25, -0.2) is 4.79 Å². The highest BCUT2D eigenvalue weighted by atomic mass is 16.6. The van der Waals surface area contributed by atoms with Crippen molar-refractivity contribution in [1.29, 1.82) is 0 Å². The van der Waals surface area contributed by atoms with Gasteiger partial charge in [-0.3, -0.25) is 4.79 Å². The summed E-state index contributed by atoms with van der Waals surface area (Å²) >= 11 is 0. The number of benzene rings is 2. The number of fused-ring (bicyclic) bond motifs is 1. The van der Waals surface area contributed by atoms with Crippen molar-refractivity contribution in [2.75, 3.05) is 21.3 Å². The van der Waals surface area contributed by atoms with Crippen LogP contribution < -0.4 is 14.2 Å². The molecule has 0 fully saturated rings. The number of hydrogen-bond acceptors (Lipinski definition) is 6. The largest absolute Gasteiger partial charge is 0.497 e. The molecule has 1 aliphatic heterocycles. The van der Waals surface area contributed by atoms with Crippen molar-refractivity contribution in [3.8, 4) is 17.2 Å². The molecule has 0 saturated heterocycles. The van der Waals surface area contributed by atoms with E-state index in [1.165, 1.54) is 21.3 Å². The lowest BCUT2D eigenvalue weighted by molar-refractivity contribution is 0.0365. The van der Waals surface area contributed by atoms with E-state index in [2.05, 4.69) is 0 Å². The van der Waals surface area contributed by atoms with Crippen molar-refractivity contribution in [2.24, 2.45) is 0 Å². The molecule has 2 aromatic carbocycles. The second kappa shape index (κ2) is 6.84. The summed E-state index contributed by atoms with van der Waals surface area (Å²) in [5, 5.41) is 0. The van der Waals surface area contributed by atoms with E-state index in [-0.39, 0.29) is 12.2 Å². The Kier molecular flexibility index (Phi) is 4.61. The van der Waals surface area contributed by atoms with Crippen molar-refractivity contribution in [2.45, 2.75) is 12.5 Å². The summed E-state index contributed by atoms with van der Waals surface area (Å²) in [6.07, 6.45) is -0.609. The topological polar surface area (TPSA) is 71.1 Å². The van der Waals surface area contributed by atoms with Crippen LogP contribution in [-0.4, -0.2) is 33.1 Å². The first-order valence-electron chi connectivity index (χ1n) is 7.72. The van der Waals surface area contributed by atoms with Crippen LogP contribution in [0.15, 0.2) is 36.4 Å². The molecule has 25 heavy (non-hydrogen) atoms. The average Bonchev–Trinajstić information content (AvgIpc) is 2.96. The standard InChI is InChI=1S/C19H18O6/c1-22-12-6-4-5-11(9-12)14(20)10-16-13-7-8-15(23-2)18(24-3)17(13)19(21)25-16/h4-9,16H,10H2,1-3H3/t16-/m1/s1. The summed E-state index contributed by atoms with van der Waals surface area (Å²) in [6, 6.07) is 10.3. The molecule has 0 aromatic heterocycles. The Labute approximate surface area is 145 Å². The molecule has 2 aromatic rings. The van der Waals surface area contributed by atoms with E-state index in [9.17, 15) is 9.59 Å². The molecule has 0 saturated carbocycles. The quantitative estimate of drug-likeness (QED) is 0.593. The third kappa shape index (κ3) is 3.03. The van der Waals surface area contributed by atoms with Crippen LogP contribution >= 0.6 is 0 Å². The van der Waals surface area contributed by atoms with Gasteiger partial charge in [-0.2, -0.15) is 0 Å². The van der Waals surface area contributed by atoms with Crippen molar-refractivity contribution >= 4 is 11.8 Å². The first-order chi connectivity index (χ1) is 12.1. The van der Waals surface area contributed by atoms with Gasteiger partial charge in [0.05, 0.1) is 27.8 Å². The van der Waals surface area contributed by atoms with Crippen LogP contribution in [-0.2, 0) is 4.74 Å². The highest BCUT2D eigenvalue weighted by Gasteiger charge is 2.36. The second-order valence-electron chi connectivity index (χ2n) is 5.52. The van der Waals surface area contributed by atoms with Gasteiger partial charge >= 0.3 is 5.97 Å². The van der Waals surface area contributed by atoms with Crippen molar-refractivity contribution in [1.82, 2.24) is 0 Å². The van der Waals surface area contributed by atoms with Crippen molar-refractivity contribution in [3.63, 3.8) is 0 Å². The molecule has 6 nitrogen and oxygen atoms in total. The van der Waals surface area contributed by atoms with Gasteiger partial charge in [0.2, 0.25) is 0 Å². The van der Waals surface area contributed by atoms with Gasteiger partial charge in [0.1, 0.15) is 17.4 Å². The number of carbonyl (C=O) groups excluding carboxylic acids is 2. The Morgan fingerprint density at radius 3 is 2.56 bits per heavy atom. The number of methoxy groups -OCH3 is 3. The van der Waals surface area contributed by atoms with Gasteiger partial charge in [-0.1, -0.05) is 18.2 Å². The first-order valence-corrected chi connectivity index (χ1v) is 7.72. The summed E-state index contributed by atoms with van der Waals surface area (Å²) in [7, 11) is 4.49. The summed E-state index contributed by atoms with van der Waals surface area (Å²) in [6.45, 7) is 0. The van der Waals surface area contributed by atoms with E-state index in [0.29, 0.717) is 33.9 Å². The number of carbonyl (C=O) groups is 2. The second-order valence-corrected chi connectivity index (χ2v) is 5.52. The third-order valence-electron chi connectivity index (χ3n) is 4.14. The van der Waals surface area contributed by atoms with Gasteiger partial charge < -0.3 is 18.9 Å². The molecule has 0 amide bonds. The Hall–Kier alpha value is -3.02. The number of esters is 1. The van der Waals surface area contributed by atoms with Crippen LogP contribution in [0.2, 0.25) is 0 Å². The van der Waals surface area contributed by atoms with E-state index in [4.69, 9.17) is 18.9 Å². The normalized spacial score (nSPS) is 15.3. The van der Waals surface area contributed by atoms with Crippen LogP contribution in [0, 0.1) is 0 Å². The van der Waals surface area contributed by atoms with Crippen molar-refractivity contribution < 1.29 is 28.5 Å². The van der Waals surface area contributed by atoms with Crippen molar-refractivity contribution in [3.05, 3.63) is 53.1 Å². The number of ketones is 1. The highest BCUT2D eigenvalue weighted by molar-refractivity contribution is 6.01. The van der Waals surface area contributed by atoms with E-state index in [1.54, 1.807) is 36.4 Å². The van der Waals surface area contributed by atoms with E-state index >= 15 is 0 Å². The van der Waals surface area contributed by atoms with Gasteiger partial charge in [0.15, 0.2) is 17.3 Å². The predicted molar refractivity (Wildman–Crippen MR) is 89.6 cm³/mol. The lowest BCUT2D eigenvalue weighted by Gasteiger charge is -2.12. The molecule has 6 heteroatoms. The first kappa shape index (κ1) is 16.8. The molecular weight excluding hydrogens is 324 g/mol. The molecule has 0 spiro atoms. The van der Waals surface area contributed by atoms with Crippen LogP contribution in [0.1, 0.15) is 38.8 Å². The number of rotatable bonds is 6. The molecule has 1 aliphatic rings. The summed E-state index contributed by atoms with van der Waals surface area (Å²) in [4.78, 5) is 24.8. The molecule has 0 N–H and O–H groups in total. The third-order valence-corrected chi connectivity index (χ3v) is 4.14. The highest BCUT2D eigenvalue weighted by Crippen LogP contribution is 2.43. The van der Waals surface area contributed by atoms with Crippen LogP contribution in [0.25, 0.3) is 0 Å². The van der Waals surface area contributed by atoms with Crippen LogP contribution in [0.5, 0.6) is 17.2 Å². The number of Topliss-reactive ketones (excluding diaryl/α,β-unsaturated/α-hetero) is 1. The Balaban J connectivity index is 1.89. The van der Waals surface area contributed by atoms with Gasteiger partial charge in [0, 0.05) is 11.1 Å². The zero-order chi connectivity index (χ0) is 18.0. The lowest BCUT2D eigenvalue weighted by Crippen LogP contribution is -2.07. The van der Waals surface area contributed by atoms with Gasteiger partial charge in [-0.05, 0) is 18.2 Å². The fraction of sp³-hybridized carbons (Fsp3) is 0.263. The van der Waals surface area contributed by atoms with Crippen LogP contribution in [0.3, 0.4) is 0 Å². The van der Waals surface area contributed by atoms with Crippen LogP contribution in [0.4, 0.5) is 0 Å². The molecule has 3 rings (SSSR count). The Morgan fingerprint density at radius 1 is 1.08 bits per heavy atom. The molecule has 0 unspecified atom stereocenters. The fourth-order valence-corrected chi connectivity index (χ4v) is 2.91. The molecule has 0 radical (unpaired) electrons. The SMILES string of the molecule is COc1cccc(C(=O)C[C@H]2OC(=O)c3c2ccc(OC)c3OC)c1. The lowest BCUT2D eigenvalue weighted by atomic mass is 9.97. The number of cyclic esters (lactones) is 1. The maximum absolute atomic E-state index is 12.6. The maximum Gasteiger partial charge on any atom is 0.343 e. The summed E-state index contributed by atoms with van der Waals surface area (Å²) in [5.41, 5.74) is 1.44. The molecular formula is C19H18O6. The Bertz CT molecular complexity index is 827. The smallest absolute Gasteiger partial charge is 0.343 e. The minimum Gasteiger partial charge on any atom is -0.497 e. The molecule has 1 atom stereocenters. The number of hydrogen-bond donors (Lipinski definition) is 0. The van der Waals surface area contributed by atoms with Gasteiger partial charge in [-0.15, -0.1) is 0 Å². The van der Waals surface area contributed by atoms with E-state index in [1.807, 2.05) is 0 Å². The molecule has 0 bridgehead atoms. The monoisotopic (exact) mass is 342 g/mol. The zero-order valence-corrected chi connectivity index (χ0v) is 14.2. The Morgan fingerprint density at radius 2 is 1.88 bits per heavy atom. The van der Waals surface area contributed by atoms with Gasteiger partial charge in [0.25, 0.3) is 0 Å². The molecule has 0 aliphatic carbocycles. The average molecular weight is 342 g/mol.